The van der Waals surface area contributed by atoms with Crippen LogP contribution in [0.2, 0.25) is 0 Å². The van der Waals surface area contributed by atoms with Crippen LogP contribution in [0.4, 0.5) is 0 Å². The van der Waals surface area contributed by atoms with Crippen LogP contribution in [-0.4, -0.2) is 41.7 Å². The highest BCUT2D eigenvalue weighted by molar-refractivity contribution is 14.2. The molecule has 0 fully saturated rings. The molecule has 0 saturated heterocycles. The van der Waals surface area contributed by atoms with Gasteiger partial charge in [-0.3, -0.25) is 9.59 Å². The van der Waals surface area contributed by atoms with E-state index in [1.54, 1.807) is 9.12 Å². The highest BCUT2D eigenvalue weighted by Crippen LogP contribution is 2.39. The van der Waals surface area contributed by atoms with E-state index >= 15 is 0 Å². The summed E-state index contributed by atoms with van der Waals surface area (Å²) < 4.78 is 2.39. The molecule has 1 aliphatic heterocycles. The van der Waals surface area contributed by atoms with E-state index < -0.39 is 5.91 Å². The SMILES string of the molecule is CC1=CCN(SI)C1c1ccccc1.CN(C=O)CC(N)=O. The second-order valence-corrected chi connectivity index (χ2v) is 6.71. The summed E-state index contributed by atoms with van der Waals surface area (Å²) in [5.74, 6) is -0.500. The van der Waals surface area contributed by atoms with E-state index in [4.69, 9.17) is 5.73 Å². The third kappa shape index (κ3) is 5.98. The lowest BCUT2D eigenvalue weighted by Crippen LogP contribution is -2.29. The molecule has 1 aliphatic rings. The minimum Gasteiger partial charge on any atom is -0.368 e. The first-order valence-electron chi connectivity index (χ1n) is 6.70. The van der Waals surface area contributed by atoms with Gasteiger partial charge >= 0.3 is 0 Å². The van der Waals surface area contributed by atoms with Gasteiger partial charge in [-0.15, -0.1) is 0 Å². The third-order valence-electron chi connectivity index (χ3n) is 3.10. The first-order chi connectivity index (χ1) is 10.5. The van der Waals surface area contributed by atoms with Crippen LogP contribution in [0.25, 0.3) is 0 Å². The maximum absolute atomic E-state index is 9.99. The van der Waals surface area contributed by atoms with Gasteiger partial charge in [0.05, 0.1) is 12.6 Å². The van der Waals surface area contributed by atoms with Crippen molar-refractivity contribution in [3.05, 3.63) is 47.5 Å². The topological polar surface area (TPSA) is 66.6 Å². The van der Waals surface area contributed by atoms with Gasteiger partial charge in [-0.05, 0) is 21.6 Å². The summed E-state index contributed by atoms with van der Waals surface area (Å²) in [6.45, 7) is 3.26. The molecule has 1 aromatic carbocycles. The predicted molar refractivity (Wildman–Crippen MR) is 99.1 cm³/mol. The lowest BCUT2D eigenvalue weighted by Gasteiger charge is -2.22. The summed E-state index contributed by atoms with van der Waals surface area (Å²) in [7, 11) is 3.27. The number of halogens is 1. The van der Waals surface area contributed by atoms with Crippen LogP contribution in [0.1, 0.15) is 18.5 Å². The molecule has 0 aliphatic carbocycles. The van der Waals surface area contributed by atoms with Crippen molar-refractivity contribution in [1.82, 2.24) is 9.21 Å². The van der Waals surface area contributed by atoms with Gasteiger partial charge in [-0.25, -0.2) is 4.31 Å². The van der Waals surface area contributed by atoms with E-state index in [0.29, 0.717) is 12.5 Å². The predicted octanol–water partition coefficient (Wildman–Crippen LogP) is 2.55. The molecule has 0 aromatic heterocycles. The summed E-state index contributed by atoms with van der Waals surface area (Å²) in [6, 6.07) is 11.2. The Morgan fingerprint density at radius 1 is 1.50 bits per heavy atom. The second kappa shape index (κ2) is 9.86. The molecule has 2 amide bonds. The molecule has 22 heavy (non-hydrogen) atoms. The summed E-state index contributed by atoms with van der Waals surface area (Å²) in [5, 5.41) is 0. The average molecular weight is 433 g/mol. The molecule has 0 saturated carbocycles. The van der Waals surface area contributed by atoms with Crippen molar-refractivity contribution in [2.24, 2.45) is 5.73 Å². The van der Waals surface area contributed by atoms with Gasteiger partial charge in [0.25, 0.3) is 0 Å². The Bertz CT molecular complexity index is 525. The van der Waals surface area contributed by atoms with Crippen LogP contribution in [0.3, 0.4) is 0 Å². The highest BCUT2D eigenvalue weighted by atomic mass is 127. The Kier molecular flexibility index (Phi) is 8.51. The smallest absolute Gasteiger partial charge is 0.237 e. The van der Waals surface area contributed by atoms with E-state index in [9.17, 15) is 9.59 Å². The molecule has 0 radical (unpaired) electrons. The largest absolute Gasteiger partial charge is 0.368 e. The quantitative estimate of drug-likeness (QED) is 0.336. The first-order valence-corrected chi connectivity index (χ1v) is 10.0. The van der Waals surface area contributed by atoms with Gasteiger partial charge in [-0.1, -0.05) is 42.0 Å². The maximum atomic E-state index is 9.99. The van der Waals surface area contributed by atoms with Gasteiger partial charge in [0.2, 0.25) is 12.3 Å². The number of amides is 2. The molecule has 1 unspecified atom stereocenters. The van der Waals surface area contributed by atoms with Crippen LogP contribution >= 0.6 is 30.3 Å². The number of benzene rings is 1. The lowest BCUT2D eigenvalue weighted by atomic mass is 10.0. The Morgan fingerprint density at radius 3 is 2.59 bits per heavy atom. The Hall–Kier alpha value is -1.06. The minimum atomic E-state index is -0.500. The number of carbonyl (C=O) groups excluding carboxylic acids is 2. The zero-order valence-corrected chi connectivity index (χ0v) is 15.6. The fourth-order valence-electron chi connectivity index (χ4n) is 2.09. The Balaban J connectivity index is 0.000000261. The molecular weight excluding hydrogens is 413 g/mol. The van der Waals surface area contributed by atoms with Crippen molar-refractivity contribution in [3.8, 4) is 0 Å². The fourth-order valence-corrected chi connectivity index (χ4v) is 3.76. The monoisotopic (exact) mass is 433 g/mol. The Labute approximate surface area is 147 Å². The molecule has 1 heterocycles. The number of nitrogens with zero attached hydrogens (tertiary/aromatic N) is 2. The molecule has 1 aromatic rings. The fraction of sp³-hybridized carbons (Fsp3) is 0.333. The van der Waals surface area contributed by atoms with Crippen molar-refractivity contribution in [2.45, 2.75) is 13.0 Å². The van der Waals surface area contributed by atoms with Crippen molar-refractivity contribution in [3.63, 3.8) is 0 Å². The number of hydrogen-bond acceptors (Lipinski definition) is 4. The number of hydrogen-bond donors (Lipinski definition) is 1. The zero-order chi connectivity index (χ0) is 16.5. The second-order valence-electron chi connectivity index (χ2n) is 4.92. The average Bonchev–Trinajstić information content (AvgIpc) is 2.89. The lowest BCUT2D eigenvalue weighted by molar-refractivity contribution is -0.125. The molecule has 2 rings (SSSR count). The molecule has 0 bridgehead atoms. The molecule has 7 heteroatoms. The van der Waals surface area contributed by atoms with Crippen LogP contribution in [0, 0.1) is 0 Å². The normalized spacial score (nSPS) is 17.2. The number of primary amides is 1. The molecule has 2 N–H and O–H groups in total. The van der Waals surface area contributed by atoms with E-state index in [2.05, 4.69) is 68.8 Å². The summed E-state index contributed by atoms with van der Waals surface area (Å²) in [5.41, 5.74) is 7.58. The summed E-state index contributed by atoms with van der Waals surface area (Å²) in [4.78, 5) is 20.9. The van der Waals surface area contributed by atoms with Crippen molar-refractivity contribution in [1.29, 1.82) is 0 Å². The molecule has 5 nitrogen and oxygen atoms in total. The van der Waals surface area contributed by atoms with Crippen molar-refractivity contribution < 1.29 is 9.59 Å². The van der Waals surface area contributed by atoms with Crippen LogP contribution < -0.4 is 5.73 Å². The zero-order valence-electron chi connectivity index (χ0n) is 12.6. The van der Waals surface area contributed by atoms with Crippen molar-refractivity contribution in [2.75, 3.05) is 20.1 Å². The molecule has 1 atom stereocenters. The molecular formula is C15H20IN3O2S. The first kappa shape index (κ1) is 19.0. The molecule has 0 spiro atoms. The Morgan fingerprint density at radius 2 is 2.14 bits per heavy atom. The maximum Gasteiger partial charge on any atom is 0.237 e. The third-order valence-corrected chi connectivity index (χ3v) is 5.16. The number of carbonyl (C=O) groups is 2. The van der Waals surface area contributed by atoms with Crippen LogP contribution in [-0.2, 0) is 9.59 Å². The van der Waals surface area contributed by atoms with E-state index in [-0.39, 0.29) is 6.54 Å². The summed E-state index contributed by atoms with van der Waals surface area (Å²) >= 11 is 2.35. The van der Waals surface area contributed by atoms with E-state index in [1.165, 1.54) is 23.1 Å². The van der Waals surface area contributed by atoms with Gasteiger partial charge in [0.15, 0.2) is 0 Å². The minimum absolute atomic E-state index is 0.0104. The van der Waals surface area contributed by atoms with E-state index in [0.717, 1.165) is 6.54 Å². The summed E-state index contributed by atoms with van der Waals surface area (Å²) in [6.07, 6.45) is 2.86. The van der Waals surface area contributed by atoms with Crippen LogP contribution in [0.15, 0.2) is 42.0 Å². The van der Waals surface area contributed by atoms with Gasteiger partial charge in [0, 0.05) is 34.8 Å². The van der Waals surface area contributed by atoms with Crippen LogP contribution in [0.5, 0.6) is 0 Å². The standard InChI is InChI=1S/C11H12INS.C4H8N2O2/c1-9-7-8-13(14-12)11(9)10-5-3-2-4-6-10;1-6(3-7)2-4(5)8/h2-7,11H,8H2,1H3;3H,2H2,1H3,(H2,5,8). The van der Waals surface area contributed by atoms with Gasteiger partial charge in [0.1, 0.15) is 0 Å². The number of nitrogens with two attached hydrogens (primary N) is 1. The van der Waals surface area contributed by atoms with E-state index in [1.807, 2.05) is 0 Å². The van der Waals surface area contributed by atoms with Crippen molar-refractivity contribution >= 4 is 42.6 Å². The van der Waals surface area contributed by atoms with Gasteiger partial charge in [-0.2, -0.15) is 0 Å². The molecule has 120 valence electrons. The number of likely N-dealkylation sites (N-methyl/N-ethyl adjacent to an activating group) is 1. The van der Waals surface area contributed by atoms with Gasteiger partial charge < -0.3 is 10.6 Å². The highest BCUT2D eigenvalue weighted by Gasteiger charge is 2.25. The number of rotatable bonds is 5.